The number of hydrogen-bond donors (Lipinski definition) is 2. The molecule has 1 aromatic rings. The van der Waals surface area contributed by atoms with Crippen LogP contribution in [-0.2, 0) is 5.41 Å². The largest absolute Gasteiger partial charge is 0.323 e. The van der Waals surface area contributed by atoms with Gasteiger partial charge in [-0.25, -0.2) is 0 Å². The molecular formula is C16H25N3. The van der Waals surface area contributed by atoms with Crippen LogP contribution in [0.4, 0.5) is 0 Å². The van der Waals surface area contributed by atoms with Gasteiger partial charge in [-0.05, 0) is 75.7 Å². The SMILES string of the molecule is Cc1c(C23CC4CC(CC(C4)C2)C3)n[nH]c1C(C)N. The summed E-state index contributed by atoms with van der Waals surface area (Å²) in [7, 11) is 0. The molecule has 1 aromatic heterocycles. The van der Waals surface area contributed by atoms with Crippen molar-refractivity contribution < 1.29 is 0 Å². The Morgan fingerprint density at radius 2 is 1.68 bits per heavy atom. The van der Waals surface area contributed by atoms with Gasteiger partial charge < -0.3 is 5.73 Å². The van der Waals surface area contributed by atoms with E-state index in [0.29, 0.717) is 5.41 Å². The van der Waals surface area contributed by atoms with Gasteiger partial charge in [0, 0.05) is 11.5 Å². The van der Waals surface area contributed by atoms with Crippen LogP contribution in [0.15, 0.2) is 0 Å². The van der Waals surface area contributed by atoms with Gasteiger partial charge in [0.05, 0.1) is 11.4 Å². The average Bonchev–Trinajstić information content (AvgIpc) is 2.69. The number of H-pyrrole nitrogens is 1. The lowest BCUT2D eigenvalue weighted by Gasteiger charge is -2.56. The molecule has 4 bridgehead atoms. The fourth-order valence-electron chi connectivity index (χ4n) is 5.77. The minimum Gasteiger partial charge on any atom is -0.323 e. The zero-order chi connectivity index (χ0) is 13.2. The molecule has 0 radical (unpaired) electrons. The summed E-state index contributed by atoms with van der Waals surface area (Å²) in [6, 6.07) is 0.0650. The highest BCUT2D eigenvalue weighted by atomic mass is 15.1. The Morgan fingerprint density at radius 3 is 2.11 bits per heavy atom. The molecule has 5 rings (SSSR count). The van der Waals surface area contributed by atoms with E-state index in [0.717, 1.165) is 23.4 Å². The van der Waals surface area contributed by atoms with Crippen LogP contribution in [0.1, 0.15) is 68.4 Å². The maximum Gasteiger partial charge on any atom is 0.0716 e. The van der Waals surface area contributed by atoms with Crippen LogP contribution in [0.5, 0.6) is 0 Å². The third kappa shape index (κ3) is 1.63. The summed E-state index contributed by atoms with van der Waals surface area (Å²) in [5, 5.41) is 7.95. The lowest BCUT2D eigenvalue weighted by molar-refractivity contribution is -0.00749. The van der Waals surface area contributed by atoms with Gasteiger partial charge in [0.25, 0.3) is 0 Å². The van der Waals surface area contributed by atoms with Crippen molar-refractivity contribution in [2.45, 2.75) is 63.8 Å². The van der Waals surface area contributed by atoms with Gasteiger partial charge in [0.15, 0.2) is 0 Å². The quantitative estimate of drug-likeness (QED) is 0.857. The molecule has 0 saturated heterocycles. The zero-order valence-electron chi connectivity index (χ0n) is 12.1. The maximum absolute atomic E-state index is 6.05. The molecular weight excluding hydrogens is 234 g/mol. The first kappa shape index (κ1) is 12.0. The molecule has 4 aliphatic rings. The standard InChI is InChI=1S/C16H25N3/c1-9-14(10(2)17)18-19-15(9)16-6-11-3-12(7-16)5-13(4-11)8-16/h10-13H,3-8,17H2,1-2H3,(H,18,19). The van der Waals surface area contributed by atoms with E-state index in [-0.39, 0.29) is 6.04 Å². The number of rotatable bonds is 2. The fourth-order valence-corrected chi connectivity index (χ4v) is 5.77. The summed E-state index contributed by atoms with van der Waals surface area (Å²) >= 11 is 0. The lowest BCUT2D eigenvalue weighted by atomic mass is 9.48. The van der Waals surface area contributed by atoms with Crippen LogP contribution in [0, 0.1) is 24.7 Å². The summed E-state index contributed by atoms with van der Waals surface area (Å²) < 4.78 is 0. The third-order valence-electron chi connectivity index (χ3n) is 6.04. The molecule has 0 aliphatic heterocycles. The molecule has 3 N–H and O–H groups in total. The molecule has 0 spiro atoms. The summed E-state index contributed by atoms with van der Waals surface area (Å²) in [4.78, 5) is 0. The summed E-state index contributed by atoms with van der Waals surface area (Å²) in [6.07, 6.45) is 8.60. The van der Waals surface area contributed by atoms with E-state index in [1.807, 2.05) is 6.92 Å². The van der Waals surface area contributed by atoms with Gasteiger partial charge in [0.2, 0.25) is 0 Å². The van der Waals surface area contributed by atoms with Crippen LogP contribution in [0.2, 0.25) is 0 Å². The van der Waals surface area contributed by atoms with Crippen molar-refractivity contribution in [3.63, 3.8) is 0 Å². The van der Waals surface area contributed by atoms with Gasteiger partial charge in [-0.1, -0.05) is 0 Å². The molecule has 4 saturated carbocycles. The van der Waals surface area contributed by atoms with E-state index in [4.69, 9.17) is 10.8 Å². The van der Waals surface area contributed by atoms with Gasteiger partial charge >= 0.3 is 0 Å². The highest BCUT2D eigenvalue weighted by Gasteiger charge is 2.53. The Balaban J connectivity index is 1.75. The number of aromatic nitrogens is 2. The third-order valence-corrected chi connectivity index (χ3v) is 6.04. The monoisotopic (exact) mass is 259 g/mol. The summed E-state index contributed by atoms with van der Waals surface area (Å²) in [6.45, 7) is 4.26. The summed E-state index contributed by atoms with van der Waals surface area (Å²) in [5.74, 6) is 2.92. The van der Waals surface area contributed by atoms with Crippen molar-refractivity contribution in [2.24, 2.45) is 23.5 Å². The predicted molar refractivity (Wildman–Crippen MR) is 75.8 cm³/mol. The van der Waals surface area contributed by atoms with E-state index < -0.39 is 0 Å². The second-order valence-corrected chi connectivity index (χ2v) is 7.60. The van der Waals surface area contributed by atoms with Crippen LogP contribution >= 0.6 is 0 Å². The van der Waals surface area contributed by atoms with Gasteiger partial charge in [-0.3, -0.25) is 5.10 Å². The Hall–Kier alpha value is -0.830. The Labute approximate surface area is 115 Å². The molecule has 1 unspecified atom stereocenters. The van der Waals surface area contributed by atoms with E-state index in [9.17, 15) is 0 Å². The molecule has 19 heavy (non-hydrogen) atoms. The van der Waals surface area contributed by atoms with Crippen molar-refractivity contribution >= 4 is 0 Å². The smallest absolute Gasteiger partial charge is 0.0716 e. The topological polar surface area (TPSA) is 54.7 Å². The van der Waals surface area contributed by atoms with Gasteiger partial charge in [0.1, 0.15) is 0 Å². The Morgan fingerprint density at radius 1 is 1.16 bits per heavy atom. The molecule has 0 amide bonds. The van der Waals surface area contributed by atoms with Crippen molar-refractivity contribution in [3.8, 4) is 0 Å². The first-order valence-corrected chi connectivity index (χ1v) is 7.88. The first-order valence-electron chi connectivity index (χ1n) is 7.88. The average molecular weight is 259 g/mol. The molecule has 4 aliphatic carbocycles. The van der Waals surface area contributed by atoms with E-state index in [1.165, 1.54) is 49.8 Å². The van der Waals surface area contributed by atoms with Crippen molar-refractivity contribution in [1.82, 2.24) is 10.2 Å². The normalized spacial score (nSPS) is 41.7. The van der Waals surface area contributed by atoms with Gasteiger partial charge in [-0.2, -0.15) is 5.10 Å². The number of nitrogens with two attached hydrogens (primary N) is 1. The minimum absolute atomic E-state index is 0.0650. The molecule has 3 nitrogen and oxygen atoms in total. The Bertz CT molecular complexity index is 465. The van der Waals surface area contributed by atoms with Crippen molar-refractivity contribution in [3.05, 3.63) is 17.0 Å². The first-order chi connectivity index (χ1) is 9.07. The van der Waals surface area contributed by atoms with Crippen molar-refractivity contribution in [2.75, 3.05) is 0 Å². The van der Waals surface area contributed by atoms with Crippen LogP contribution in [-0.4, -0.2) is 10.2 Å². The molecule has 4 fully saturated rings. The molecule has 104 valence electrons. The summed E-state index contributed by atoms with van der Waals surface area (Å²) in [5.41, 5.74) is 10.3. The maximum atomic E-state index is 6.05. The van der Waals surface area contributed by atoms with Gasteiger partial charge in [-0.15, -0.1) is 0 Å². The highest BCUT2D eigenvalue weighted by molar-refractivity contribution is 5.34. The molecule has 3 heteroatoms. The van der Waals surface area contributed by atoms with Crippen LogP contribution in [0.25, 0.3) is 0 Å². The van der Waals surface area contributed by atoms with Crippen LogP contribution < -0.4 is 5.73 Å². The fraction of sp³-hybridized carbons (Fsp3) is 0.812. The Kier molecular flexibility index (Phi) is 2.42. The number of nitrogens with one attached hydrogen (secondary N) is 1. The minimum atomic E-state index is 0.0650. The number of hydrogen-bond acceptors (Lipinski definition) is 2. The second-order valence-electron chi connectivity index (χ2n) is 7.60. The van der Waals surface area contributed by atoms with E-state index in [2.05, 4.69) is 12.0 Å². The lowest BCUT2D eigenvalue weighted by Crippen LogP contribution is -2.49. The highest BCUT2D eigenvalue weighted by Crippen LogP contribution is 2.60. The second kappa shape index (κ2) is 3.85. The predicted octanol–water partition coefficient (Wildman–Crippen LogP) is 3.21. The van der Waals surface area contributed by atoms with Crippen molar-refractivity contribution in [1.29, 1.82) is 0 Å². The van der Waals surface area contributed by atoms with Crippen LogP contribution in [0.3, 0.4) is 0 Å². The molecule has 0 aromatic carbocycles. The zero-order valence-corrected chi connectivity index (χ0v) is 12.1. The molecule has 1 heterocycles. The van der Waals surface area contributed by atoms with E-state index in [1.54, 1.807) is 0 Å². The number of aromatic amines is 1. The molecule has 1 atom stereocenters. The number of nitrogens with zero attached hydrogens (tertiary/aromatic N) is 1. The van der Waals surface area contributed by atoms with E-state index >= 15 is 0 Å².